The highest BCUT2D eigenvalue weighted by atomic mass is 19.3. The molecule has 1 aliphatic rings. The van der Waals surface area contributed by atoms with Crippen molar-refractivity contribution in [3.05, 3.63) is 0 Å². The average Bonchev–Trinajstić information content (AvgIpc) is 2.30. The minimum atomic E-state index is -2.25. The molecule has 1 saturated carbocycles. The van der Waals surface area contributed by atoms with E-state index in [-0.39, 0.29) is 0 Å². The van der Waals surface area contributed by atoms with Crippen LogP contribution in [-0.2, 0) is 0 Å². The normalized spacial score (nSPS) is 29.5. The van der Waals surface area contributed by atoms with Gasteiger partial charge in [0.25, 0.3) is 6.43 Å². The van der Waals surface area contributed by atoms with Crippen LogP contribution in [-0.4, -0.2) is 18.5 Å². The molecule has 2 atom stereocenters. The number of alkyl halides is 2. The van der Waals surface area contributed by atoms with Gasteiger partial charge in [-0.05, 0) is 31.6 Å². The van der Waals surface area contributed by atoms with Crippen LogP contribution >= 0.6 is 0 Å². The summed E-state index contributed by atoms with van der Waals surface area (Å²) in [4.78, 5) is 0. The van der Waals surface area contributed by atoms with Crippen LogP contribution in [0.4, 0.5) is 8.78 Å². The van der Waals surface area contributed by atoms with Gasteiger partial charge in [0.05, 0.1) is 6.04 Å². The summed E-state index contributed by atoms with van der Waals surface area (Å²) in [6, 6.07) is -0.377. The van der Waals surface area contributed by atoms with Gasteiger partial charge in [-0.2, -0.15) is 0 Å². The van der Waals surface area contributed by atoms with E-state index in [9.17, 15) is 8.78 Å². The van der Waals surface area contributed by atoms with Gasteiger partial charge < -0.3 is 5.32 Å². The molecule has 0 bridgehead atoms. The summed E-state index contributed by atoms with van der Waals surface area (Å²) in [5.74, 6) is 0. The van der Waals surface area contributed by atoms with E-state index in [4.69, 9.17) is 0 Å². The van der Waals surface area contributed by atoms with Crippen LogP contribution < -0.4 is 5.32 Å². The maximum absolute atomic E-state index is 12.2. The third-order valence-corrected chi connectivity index (χ3v) is 2.85. The van der Waals surface area contributed by atoms with E-state index in [1.54, 1.807) is 6.92 Å². The molecule has 0 aromatic carbocycles. The number of nitrogens with one attached hydrogen (secondary N) is 1. The molecule has 1 N–H and O–H groups in total. The van der Waals surface area contributed by atoms with Crippen molar-refractivity contribution in [2.45, 2.75) is 58.5 Å². The van der Waals surface area contributed by atoms with E-state index in [1.807, 2.05) is 0 Å². The molecule has 0 aromatic heterocycles. The second kappa shape index (κ2) is 3.91. The van der Waals surface area contributed by atoms with Crippen molar-refractivity contribution >= 4 is 0 Å². The van der Waals surface area contributed by atoms with Gasteiger partial charge in [0.15, 0.2) is 0 Å². The quantitative estimate of drug-likeness (QED) is 0.723. The molecule has 78 valence electrons. The number of rotatable bonds is 3. The van der Waals surface area contributed by atoms with Gasteiger partial charge in [0.1, 0.15) is 0 Å². The van der Waals surface area contributed by atoms with Gasteiger partial charge in [-0.25, -0.2) is 8.78 Å². The van der Waals surface area contributed by atoms with Crippen LogP contribution in [0.1, 0.15) is 40.0 Å². The first kappa shape index (κ1) is 10.9. The highest BCUT2D eigenvalue weighted by molar-refractivity contribution is 4.87. The van der Waals surface area contributed by atoms with Gasteiger partial charge >= 0.3 is 0 Å². The minimum Gasteiger partial charge on any atom is -0.306 e. The predicted molar refractivity (Wildman–Crippen MR) is 50.0 cm³/mol. The summed E-state index contributed by atoms with van der Waals surface area (Å²) in [5, 5.41) is 2.98. The minimum absolute atomic E-state index is 0.291. The summed E-state index contributed by atoms with van der Waals surface area (Å²) in [6.07, 6.45) is 0.943. The Morgan fingerprint density at radius 3 is 2.38 bits per heavy atom. The Morgan fingerprint density at radius 1 is 1.38 bits per heavy atom. The summed E-state index contributed by atoms with van der Waals surface area (Å²) in [6.45, 7) is 5.94. The molecule has 1 nitrogen and oxygen atoms in total. The molecule has 0 heterocycles. The smallest absolute Gasteiger partial charge is 0.253 e. The molecule has 1 aliphatic carbocycles. The van der Waals surface area contributed by atoms with E-state index < -0.39 is 12.5 Å². The summed E-state index contributed by atoms with van der Waals surface area (Å²) in [7, 11) is 0. The molecule has 2 unspecified atom stereocenters. The highest BCUT2D eigenvalue weighted by Crippen LogP contribution is 2.37. The van der Waals surface area contributed by atoms with Crippen molar-refractivity contribution in [2.24, 2.45) is 5.41 Å². The molecule has 1 rings (SSSR count). The van der Waals surface area contributed by atoms with Crippen LogP contribution in [0.2, 0.25) is 0 Å². The van der Waals surface area contributed by atoms with Crippen molar-refractivity contribution in [3.63, 3.8) is 0 Å². The zero-order valence-electron chi connectivity index (χ0n) is 8.61. The van der Waals surface area contributed by atoms with Crippen molar-refractivity contribution in [2.75, 3.05) is 0 Å². The Balaban J connectivity index is 2.32. The van der Waals surface area contributed by atoms with E-state index in [0.717, 1.165) is 19.3 Å². The topological polar surface area (TPSA) is 12.0 Å². The number of halogens is 2. The second-order valence-electron chi connectivity index (χ2n) is 4.89. The lowest BCUT2D eigenvalue weighted by Crippen LogP contribution is -2.39. The van der Waals surface area contributed by atoms with Crippen LogP contribution in [0.25, 0.3) is 0 Å². The van der Waals surface area contributed by atoms with Gasteiger partial charge in [-0.1, -0.05) is 13.8 Å². The van der Waals surface area contributed by atoms with Crippen molar-refractivity contribution < 1.29 is 8.78 Å². The molecular formula is C10H19F2N. The standard InChI is InChI=1S/C10H19F2N/c1-7(9(11)12)13-8-4-5-10(2,3)6-8/h7-9,13H,4-6H2,1-3H3. The lowest BCUT2D eigenvalue weighted by molar-refractivity contribution is 0.0993. The van der Waals surface area contributed by atoms with E-state index >= 15 is 0 Å². The first-order valence-electron chi connectivity index (χ1n) is 4.95. The van der Waals surface area contributed by atoms with E-state index in [0.29, 0.717) is 11.5 Å². The Hall–Kier alpha value is -0.180. The first-order valence-corrected chi connectivity index (χ1v) is 4.95. The Morgan fingerprint density at radius 2 is 2.00 bits per heavy atom. The molecule has 0 amide bonds. The monoisotopic (exact) mass is 191 g/mol. The lowest BCUT2D eigenvalue weighted by atomic mass is 9.92. The molecule has 13 heavy (non-hydrogen) atoms. The summed E-state index contributed by atoms with van der Waals surface area (Å²) < 4.78 is 24.4. The van der Waals surface area contributed by atoms with Gasteiger partial charge in [0, 0.05) is 6.04 Å². The third kappa shape index (κ3) is 3.22. The first-order chi connectivity index (χ1) is 5.91. The third-order valence-electron chi connectivity index (χ3n) is 2.85. The second-order valence-corrected chi connectivity index (χ2v) is 4.89. The highest BCUT2D eigenvalue weighted by Gasteiger charge is 2.32. The molecule has 0 saturated heterocycles. The van der Waals surface area contributed by atoms with Crippen LogP contribution in [0.3, 0.4) is 0 Å². The largest absolute Gasteiger partial charge is 0.306 e. The average molecular weight is 191 g/mol. The zero-order valence-corrected chi connectivity index (χ0v) is 8.61. The molecule has 0 radical (unpaired) electrons. The Labute approximate surface area is 78.9 Å². The number of hydrogen-bond donors (Lipinski definition) is 1. The van der Waals surface area contributed by atoms with E-state index in [1.165, 1.54) is 0 Å². The maximum Gasteiger partial charge on any atom is 0.253 e. The van der Waals surface area contributed by atoms with Crippen molar-refractivity contribution in [3.8, 4) is 0 Å². The molecule has 0 aliphatic heterocycles. The number of hydrogen-bond acceptors (Lipinski definition) is 1. The van der Waals surface area contributed by atoms with Gasteiger partial charge in [-0.3, -0.25) is 0 Å². The van der Waals surface area contributed by atoms with Crippen molar-refractivity contribution in [1.29, 1.82) is 0 Å². The molecule has 0 spiro atoms. The Kier molecular flexibility index (Phi) is 3.28. The molecule has 0 aromatic rings. The predicted octanol–water partition coefficient (Wildman–Crippen LogP) is 2.81. The zero-order chi connectivity index (χ0) is 10.1. The van der Waals surface area contributed by atoms with Gasteiger partial charge in [-0.15, -0.1) is 0 Å². The van der Waals surface area contributed by atoms with Crippen molar-refractivity contribution in [1.82, 2.24) is 5.32 Å². The van der Waals surface area contributed by atoms with Crippen LogP contribution in [0.15, 0.2) is 0 Å². The lowest BCUT2D eigenvalue weighted by Gasteiger charge is -2.21. The maximum atomic E-state index is 12.2. The molecule has 3 heteroatoms. The Bertz CT molecular complexity index is 168. The summed E-state index contributed by atoms with van der Waals surface area (Å²) in [5.41, 5.74) is 0.333. The fourth-order valence-electron chi connectivity index (χ4n) is 2.02. The molecule has 1 fully saturated rings. The molecular weight excluding hydrogens is 172 g/mol. The fraction of sp³-hybridized carbons (Fsp3) is 1.00. The SMILES string of the molecule is CC(NC1CCC(C)(C)C1)C(F)F. The van der Waals surface area contributed by atoms with Crippen LogP contribution in [0.5, 0.6) is 0 Å². The summed E-state index contributed by atoms with van der Waals surface area (Å²) >= 11 is 0. The van der Waals surface area contributed by atoms with Crippen LogP contribution in [0, 0.1) is 5.41 Å². The van der Waals surface area contributed by atoms with Gasteiger partial charge in [0.2, 0.25) is 0 Å². The van der Waals surface area contributed by atoms with E-state index in [2.05, 4.69) is 19.2 Å². The fourth-order valence-corrected chi connectivity index (χ4v) is 2.02.